The molecule has 0 saturated carbocycles. The largest absolute Gasteiger partial charge is 0.481 e. The Morgan fingerprint density at radius 2 is 1.86 bits per heavy atom. The van der Waals surface area contributed by atoms with Crippen molar-refractivity contribution < 1.29 is 14.7 Å². The maximum absolute atomic E-state index is 12.4. The van der Waals surface area contributed by atoms with Crippen molar-refractivity contribution in [1.29, 1.82) is 0 Å². The fraction of sp³-hybridized carbons (Fsp3) is 0.500. The molecule has 0 radical (unpaired) electrons. The van der Waals surface area contributed by atoms with Gasteiger partial charge in [0.05, 0.1) is 5.92 Å². The van der Waals surface area contributed by atoms with Gasteiger partial charge in [0.15, 0.2) is 0 Å². The van der Waals surface area contributed by atoms with Crippen LogP contribution in [0, 0.1) is 5.92 Å². The van der Waals surface area contributed by atoms with Crippen LogP contribution in [-0.4, -0.2) is 35.0 Å². The summed E-state index contributed by atoms with van der Waals surface area (Å²) in [4.78, 5) is 25.1. The molecule has 1 atom stereocenters. The number of amides is 1. The lowest BCUT2D eigenvalue weighted by Gasteiger charge is -2.19. The summed E-state index contributed by atoms with van der Waals surface area (Å²) in [5.41, 5.74) is 3.35. The second-order valence-corrected chi connectivity index (χ2v) is 5.77. The Labute approximate surface area is 130 Å². The van der Waals surface area contributed by atoms with Gasteiger partial charge in [-0.3, -0.25) is 9.59 Å². The number of benzene rings is 1. The van der Waals surface area contributed by atoms with E-state index in [9.17, 15) is 9.59 Å². The zero-order valence-corrected chi connectivity index (χ0v) is 12.7. The molecule has 1 amide bonds. The van der Waals surface area contributed by atoms with Crippen molar-refractivity contribution in [2.75, 3.05) is 13.1 Å². The maximum Gasteiger partial charge on any atom is 0.308 e. The van der Waals surface area contributed by atoms with Gasteiger partial charge >= 0.3 is 5.97 Å². The molecule has 1 unspecified atom stereocenters. The summed E-state index contributed by atoms with van der Waals surface area (Å²) >= 11 is 0. The molecular weight excluding hydrogens is 290 g/mol. The van der Waals surface area contributed by atoms with Gasteiger partial charge in [0.2, 0.25) is 0 Å². The fourth-order valence-corrected chi connectivity index (χ4v) is 3.20. The van der Waals surface area contributed by atoms with E-state index in [2.05, 4.69) is 6.07 Å². The van der Waals surface area contributed by atoms with E-state index in [1.165, 1.54) is 24.0 Å². The summed E-state index contributed by atoms with van der Waals surface area (Å²) in [6, 6.07) is 5.96. The van der Waals surface area contributed by atoms with Crippen molar-refractivity contribution in [3.63, 3.8) is 0 Å². The summed E-state index contributed by atoms with van der Waals surface area (Å²) in [6.45, 7) is 0.887. The number of fused-ring (bicyclic) bond motifs is 1. The standard InChI is InChI=1S/C16H19NO3.ClH/c18-15(17-8-7-14(10-17)16(19)20)13-6-5-11-3-1-2-4-12(11)9-13;/h5-6,9,14H,1-4,7-8,10H2,(H,19,20);1H. The molecular formula is C16H20ClNO3. The van der Waals surface area contributed by atoms with Crippen molar-refractivity contribution in [2.24, 2.45) is 5.92 Å². The number of nitrogens with zero attached hydrogens (tertiary/aromatic N) is 1. The first-order valence-corrected chi connectivity index (χ1v) is 7.29. The Balaban J connectivity index is 0.00000161. The van der Waals surface area contributed by atoms with Gasteiger partial charge in [-0.1, -0.05) is 6.07 Å². The van der Waals surface area contributed by atoms with Crippen molar-refractivity contribution in [2.45, 2.75) is 32.1 Å². The van der Waals surface area contributed by atoms with Crippen LogP contribution in [0.25, 0.3) is 0 Å². The molecule has 0 aromatic heterocycles. The quantitative estimate of drug-likeness (QED) is 0.913. The fourth-order valence-electron chi connectivity index (χ4n) is 3.20. The molecule has 5 heteroatoms. The first kappa shape index (κ1) is 15.8. The lowest BCUT2D eigenvalue weighted by Crippen LogP contribution is -2.30. The highest BCUT2D eigenvalue weighted by Gasteiger charge is 2.31. The molecule has 4 nitrogen and oxygen atoms in total. The third-order valence-corrected chi connectivity index (χ3v) is 4.42. The van der Waals surface area contributed by atoms with Crippen molar-refractivity contribution >= 4 is 24.3 Å². The molecule has 1 aliphatic carbocycles. The number of carboxylic acid groups (broad SMARTS) is 1. The Morgan fingerprint density at radius 3 is 2.52 bits per heavy atom. The normalized spacial score (nSPS) is 20.6. The summed E-state index contributed by atoms with van der Waals surface area (Å²) in [7, 11) is 0. The average Bonchev–Trinajstić information content (AvgIpc) is 2.96. The lowest BCUT2D eigenvalue weighted by molar-refractivity contribution is -0.141. The maximum atomic E-state index is 12.4. The summed E-state index contributed by atoms with van der Waals surface area (Å²) in [5, 5.41) is 9.00. The van der Waals surface area contributed by atoms with Crippen LogP contribution >= 0.6 is 12.4 Å². The summed E-state index contributed by atoms with van der Waals surface area (Å²) in [5.74, 6) is -1.23. The van der Waals surface area contributed by atoms with E-state index in [1.54, 1.807) is 4.90 Å². The lowest BCUT2D eigenvalue weighted by atomic mass is 9.90. The number of carbonyl (C=O) groups is 2. The Kier molecular flexibility index (Phi) is 4.88. The monoisotopic (exact) mass is 309 g/mol. The van der Waals surface area contributed by atoms with Crippen molar-refractivity contribution in [1.82, 2.24) is 4.90 Å². The highest BCUT2D eigenvalue weighted by atomic mass is 35.5. The van der Waals surface area contributed by atoms with Crippen LogP contribution in [0.15, 0.2) is 18.2 Å². The molecule has 1 N–H and O–H groups in total. The van der Waals surface area contributed by atoms with Crippen LogP contribution in [0.1, 0.15) is 40.7 Å². The second-order valence-electron chi connectivity index (χ2n) is 5.77. The van der Waals surface area contributed by atoms with E-state index < -0.39 is 11.9 Å². The van der Waals surface area contributed by atoms with Gasteiger partial charge < -0.3 is 10.0 Å². The predicted molar refractivity (Wildman–Crippen MR) is 82.0 cm³/mol. The first-order valence-electron chi connectivity index (χ1n) is 7.29. The minimum Gasteiger partial charge on any atom is -0.481 e. The molecule has 1 fully saturated rings. The zero-order chi connectivity index (χ0) is 14.1. The van der Waals surface area contributed by atoms with Crippen LogP contribution in [0.4, 0.5) is 0 Å². The molecule has 1 saturated heterocycles. The first-order chi connectivity index (χ1) is 9.65. The van der Waals surface area contributed by atoms with E-state index in [0.29, 0.717) is 25.1 Å². The highest BCUT2D eigenvalue weighted by molar-refractivity contribution is 5.95. The van der Waals surface area contributed by atoms with Gasteiger partial charge in [-0.05, 0) is 55.4 Å². The number of aryl methyl sites for hydroxylation is 2. The van der Waals surface area contributed by atoms with Crippen molar-refractivity contribution in [3.8, 4) is 0 Å². The minimum absolute atomic E-state index is 0. The summed E-state index contributed by atoms with van der Waals surface area (Å²) in [6.07, 6.45) is 5.14. The van der Waals surface area contributed by atoms with Gasteiger partial charge in [-0.25, -0.2) is 0 Å². The third kappa shape index (κ3) is 3.21. The third-order valence-electron chi connectivity index (χ3n) is 4.42. The smallest absolute Gasteiger partial charge is 0.308 e. The van der Waals surface area contributed by atoms with E-state index >= 15 is 0 Å². The molecule has 1 aromatic carbocycles. The number of carboxylic acids is 1. The molecule has 1 heterocycles. The van der Waals surface area contributed by atoms with Gasteiger partial charge in [-0.15, -0.1) is 12.4 Å². The van der Waals surface area contributed by atoms with E-state index in [-0.39, 0.29) is 18.3 Å². The molecule has 0 bridgehead atoms. The van der Waals surface area contributed by atoms with E-state index in [1.807, 2.05) is 12.1 Å². The summed E-state index contributed by atoms with van der Waals surface area (Å²) < 4.78 is 0. The molecule has 114 valence electrons. The number of rotatable bonds is 2. The molecule has 0 spiro atoms. The van der Waals surface area contributed by atoms with Gasteiger partial charge in [0.25, 0.3) is 5.91 Å². The number of likely N-dealkylation sites (tertiary alicyclic amines) is 1. The Morgan fingerprint density at radius 1 is 1.14 bits per heavy atom. The van der Waals surface area contributed by atoms with Crippen LogP contribution in [0.2, 0.25) is 0 Å². The Hall–Kier alpha value is -1.55. The van der Waals surface area contributed by atoms with E-state index in [4.69, 9.17) is 5.11 Å². The van der Waals surface area contributed by atoms with Gasteiger partial charge in [0.1, 0.15) is 0 Å². The van der Waals surface area contributed by atoms with Gasteiger partial charge in [0, 0.05) is 18.7 Å². The van der Waals surface area contributed by atoms with Gasteiger partial charge in [-0.2, -0.15) is 0 Å². The minimum atomic E-state index is -0.800. The second kappa shape index (κ2) is 6.48. The molecule has 1 aromatic rings. The van der Waals surface area contributed by atoms with Crippen molar-refractivity contribution in [3.05, 3.63) is 34.9 Å². The number of carbonyl (C=O) groups excluding carboxylic acids is 1. The highest BCUT2D eigenvalue weighted by Crippen LogP contribution is 2.24. The number of aliphatic carboxylic acids is 1. The molecule has 21 heavy (non-hydrogen) atoms. The Bertz CT molecular complexity index is 558. The molecule has 1 aliphatic heterocycles. The average molecular weight is 310 g/mol. The number of hydrogen-bond donors (Lipinski definition) is 1. The molecule has 3 rings (SSSR count). The molecule has 2 aliphatic rings. The van der Waals surface area contributed by atoms with Crippen LogP contribution < -0.4 is 0 Å². The number of halogens is 1. The van der Waals surface area contributed by atoms with Crippen LogP contribution in [0.5, 0.6) is 0 Å². The zero-order valence-electron chi connectivity index (χ0n) is 11.9. The van der Waals surface area contributed by atoms with Crippen LogP contribution in [0.3, 0.4) is 0 Å². The predicted octanol–water partition coefficient (Wildman–Crippen LogP) is 2.53. The SMILES string of the molecule is Cl.O=C(O)C1CCN(C(=O)c2ccc3c(c2)CCCC3)C1. The number of hydrogen-bond acceptors (Lipinski definition) is 2. The van der Waals surface area contributed by atoms with Crippen LogP contribution in [-0.2, 0) is 17.6 Å². The topological polar surface area (TPSA) is 57.6 Å². The van der Waals surface area contributed by atoms with E-state index in [0.717, 1.165) is 12.8 Å².